The molecule has 0 aromatic heterocycles. The zero-order chi connectivity index (χ0) is 12.3. The van der Waals surface area contributed by atoms with Crippen LogP contribution in [0.2, 0.25) is 0 Å². The number of carbonyl (C=O) groups is 1. The lowest BCUT2D eigenvalue weighted by molar-refractivity contribution is -0.142. The van der Waals surface area contributed by atoms with Gasteiger partial charge in [0.25, 0.3) is 0 Å². The molecular formula is C13H16BrNO2. The molecule has 17 heavy (non-hydrogen) atoms. The van der Waals surface area contributed by atoms with E-state index in [9.17, 15) is 4.79 Å². The van der Waals surface area contributed by atoms with E-state index in [-0.39, 0.29) is 5.92 Å². The molecule has 0 amide bonds. The van der Waals surface area contributed by atoms with E-state index in [1.54, 1.807) is 0 Å². The Labute approximate surface area is 109 Å². The Hall–Kier alpha value is -1.03. The number of halogens is 1. The quantitative estimate of drug-likeness (QED) is 0.898. The second-order valence-electron chi connectivity index (χ2n) is 4.54. The van der Waals surface area contributed by atoms with E-state index in [0.717, 1.165) is 35.8 Å². The summed E-state index contributed by atoms with van der Waals surface area (Å²) >= 11 is 3.40. The Kier molecular flexibility index (Phi) is 4.05. The van der Waals surface area contributed by atoms with E-state index >= 15 is 0 Å². The van der Waals surface area contributed by atoms with Crippen molar-refractivity contribution in [3.05, 3.63) is 28.7 Å². The van der Waals surface area contributed by atoms with Gasteiger partial charge in [0.05, 0.1) is 5.92 Å². The highest BCUT2D eigenvalue weighted by molar-refractivity contribution is 9.10. The second kappa shape index (κ2) is 5.54. The van der Waals surface area contributed by atoms with E-state index in [1.807, 2.05) is 24.3 Å². The second-order valence-corrected chi connectivity index (χ2v) is 5.45. The Bertz CT molecular complexity index is 383. The van der Waals surface area contributed by atoms with Crippen LogP contribution in [0.15, 0.2) is 28.7 Å². The van der Waals surface area contributed by atoms with Gasteiger partial charge >= 0.3 is 5.97 Å². The lowest BCUT2D eigenvalue weighted by Crippen LogP contribution is -2.29. The lowest BCUT2D eigenvalue weighted by atomic mass is 9.86. The number of anilines is 1. The number of benzene rings is 1. The molecule has 2 N–H and O–H groups in total. The van der Waals surface area contributed by atoms with Crippen LogP contribution in [0.3, 0.4) is 0 Å². The van der Waals surface area contributed by atoms with Gasteiger partial charge < -0.3 is 10.4 Å². The van der Waals surface area contributed by atoms with E-state index in [4.69, 9.17) is 5.11 Å². The maximum absolute atomic E-state index is 10.8. The summed E-state index contributed by atoms with van der Waals surface area (Å²) < 4.78 is 1.07. The van der Waals surface area contributed by atoms with Crippen LogP contribution < -0.4 is 5.32 Å². The smallest absolute Gasteiger partial charge is 0.306 e. The van der Waals surface area contributed by atoms with Crippen LogP contribution in [0.4, 0.5) is 5.69 Å². The fourth-order valence-corrected chi connectivity index (χ4v) is 2.53. The summed E-state index contributed by atoms with van der Waals surface area (Å²) in [4.78, 5) is 10.8. The van der Waals surface area contributed by atoms with E-state index in [0.29, 0.717) is 6.04 Å². The summed E-state index contributed by atoms with van der Waals surface area (Å²) in [5, 5.41) is 12.4. The third-order valence-corrected chi connectivity index (χ3v) is 3.82. The monoisotopic (exact) mass is 297 g/mol. The maximum Gasteiger partial charge on any atom is 0.306 e. The summed E-state index contributed by atoms with van der Waals surface area (Å²) in [7, 11) is 0. The number of hydrogen-bond acceptors (Lipinski definition) is 2. The predicted octanol–water partition coefficient (Wildman–Crippen LogP) is 3.50. The fourth-order valence-electron chi connectivity index (χ4n) is 2.27. The molecule has 0 atom stereocenters. The Morgan fingerprint density at radius 1 is 1.18 bits per heavy atom. The minimum absolute atomic E-state index is 0.141. The van der Waals surface area contributed by atoms with E-state index in [2.05, 4.69) is 21.2 Å². The number of hydrogen-bond donors (Lipinski definition) is 2. The van der Waals surface area contributed by atoms with Crippen molar-refractivity contribution >= 4 is 27.6 Å². The Morgan fingerprint density at radius 3 is 2.29 bits per heavy atom. The van der Waals surface area contributed by atoms with E-state index < -0.39 is 5.97 Å². The number of nitrogens with one attached hydrogen (secondary N) is 1. The Balaban J connectivity index is 1.85. The molecular weight excluding hydrogens is 282 g/mol. The lowest BCUT2D eigenvalue weighted by Gasteiger charge is -2.27. The van der Waals surface area contributed by atoms with Crippen molar-refractivity contribution in [3.63, 3.8) is 0 Å². The highest BCUT2D eigenvalue weighted by Gasteiger charge is 2.25. The molecule has 0 unspecified atom stereocenters. The number of carboxylic acid groups (broad SMARTS) is 1. The molecule has 92 valence electrons. The zero-order valence-electron chi connectivity index (χ0n) is 9.53. The highest BCUT2D eigenvalue weighted by Crippen LogP contribution is 2.27. The maximum atomic E-state index is 10.8. The van der Waals surface area contributed by atoms with Crippen molar-refractivity contribution < 1.29 is 9.90 Å². The molecule has 1 fully saturated rings. The minimum Gasteiger partial charge on any atom is -0.481 e. The van der Waals surface area contributed by atoms with Crippen LogP contribution in [-0.4, -0.2) is 17.1 Å². The van der Waals surface area contributed by atoms with Crippen LogP contribution in [0, 0.1) is 5.92 Å². The van der Waals surface area contributed by atoms with Crippen LogP contribution in [-0.2, 0) is 4.79 Å². The molecule has 2 rings (SSSR count). The normalized spacial score (nSPS) is 24.3. The predicted molar refractivity (Wildman–Crippen MR) is 71.1 cm³/mol. The first-order valence-electron chi connectivity index (χ1n) is 5.90. The average molecular weight is 298 g/mol. The van der Waals surface area contributed by atoms with Gasteiger partial charge in [-0.2, -0.15) is 0 Å². The molecule has 1 aromatic carbocycles. The van der Waals surface area contributed by atoms with Gasteiger partial charge in [0.2, 0.25) is 0 Å². The molecule has 0 radical (unpaired) electrons. The van der Waals surface area contributed by atoms with E-state index in [1.165, 1.54) is 0 Å². The number of carboxylic acids is 1. The topological polar surface area (TPSA) is 49.3 Å². The molecule has 0 heterocycles. The summed E-state index contributed by atoms with van der Waals surface area (Å²) in [5.41, 5.74) is 1.10. The molecule has 0 saturated heterocycles. The van der Waals surface area contributed by atoms with Crippen molar-refractivity contribution in [2.24, 2.45) is 5.92 Å². The average Bonchev–Trinajstić information content (AvgIpc) is 2.33. The van der Waals surface area contributed by atoms with Crippen molar-refractivity contribution in [3.8, 4) is 0 Å². The molecule has 1 aliphatic rings. The van der Waals surface area contributed by atoms with Gasteiger partial charge in [0.1, 0.15) is 0 Å². The van der Waals surface area contributed by atoms with Gasteiger partial charge in [-0.25, -0.2) is 0 Å². The van der Waals surface area contributed by atoms with Gasteiger partial charge in [-0.15, -0.1) is 0 Å². The van der Waals surface area contributed by atoms with Gasteiger partial charge in [0.15, 0.2) is 0 Å². The van der Waals surface area contributed by atoms with Gasteiger partial charge in [-0.05, 0) is 49.9 Å². The molecule has 1 saturated carbocycles. The van der Waals surface area contributed by atoms with Crippen LogP contribution >= 0.6 is 15.9 Å². The summed E-state index contributed by atoms with van der Waals surface area (Å²) in [6, 6.07) is 8.49. The summed E-state index contributed by atoms with van der Waals surface area (Å²) in [6.07, 6.45) is 3.44. The van der Waals surface area contributed by atoms with Crippen LogP contribution in [0.1, 0.15) is 25.7 Å². The van der Waals surface area contributed by atoms with Crippen molar-refractivity contribution in [1.29, 1.82) is 0 Å². The minimum atomic E-state index is -0.646. The molecule has 1 aliphatic carbocycles. The molecule has 3 nitrogen and oxygen atoms in total. The third kappa shape index (κ3) is 3.46. The fraction of sp³-hybridized carbons (Fsp3) is 0.462. The van der Waals surface area contributed by atoms with Gasteiger partial charge in [0, 0.05) is 16.2 Å². The summed E-state index contributed by atoms with van der Waals surface area (Å²) in [5.74, 6) is -0.787. The van der Waals surface area contributed by atoms with Crippen molar-refractivity contribution in [2.45, 2.75) is 31.7 Å². The van der Waals surface area contributed by atoms with Crippen molar-refractivity contribution in [1.82, 2.24) is 0 Å². The largest absolute Gasteiger partial charge is 0.481 e. The standard InChI is InChI=1S/C13H16BrNO2/c14-10-3-7-12(8-4-10)15-11-5-1-9(2-6-11)13(16)17/h3-4,7-9,11,15H,1-2,5-6H2,(H,16,17). The first-order valence-corrected chi connectivity index (χ1v) is 6.69. The van der Waals surface area contributed by atoms with Crippen LogP contribution in [0.25, 0.3) is 0 Å². The Morgan fingerprint density at radius 2 is 1.76 bits per heavy atom. The molecule has 4 heteroatoms. The molecule has 0 spiro atoms. The third-order valence-electron chi connectivity index (χ3n) is 3.29. The zero-order valence-corrected chi connectivity index (χ0v) is 11.1. The highest BCUT2D eigenvalue weighted by atomic mass is 79.9. The number of aliphatic carboxylic acids is 1. The molecule has 0 bridgehead atoms. The molecule has 0 aliphatic heterocycles. The van der Waals surface area contributed by atoms with Gasteiger partial charge in [-0.3, -0.25) is 4.79 Å². The van der Waals surface area contributed by atoms with Crippen molar-refractivity contribution in [2.75, 3.05) is 5.32 Å². The number of rotatable bonds is 3. The van der Waals surface area contributed by atoms with Crippen LogP contribution in [0.5, 0.6) is 0 Å². The van der Waals surface area contributed by atoms with Gasteiger partial charge in [-0.1, -0.05) is 15.9 Å². The first-order chi connectivity index (χ1) is 8.15. The SMILES string of the molecule is O=C(O)C1CCC(Nc2ccc(Br)cc2)CC1. The first kappa shape index (κ1) is 12.4. The molecule has 1 aromatic rings. The summed E-state index contributed by atoms with van der Waals surface area (Å²) in [6.45, 7) is 0.